The van der Waals surface area contributed by atoms with Crippen LogP contribution < -0.4 is 0 Å². The Balaban J connectivity index is 1.54. The Bertz CT molecular complexity index is 693. The number of rotatable bonds is 7. The van der Waals surface area contributed by atoms with Crippen molar-refractivity contribution in [3.63, 3.8) is 0 Å². The van der Waals surface area contributed by atoms with E-state index in [1.54, 1.807) is 12.1 Å². The van der Waals surface area contributed by atoms with Crippen molar-refractivity contribution >= 4 is 6.08 Å². The number of benzene rings is 1. The first-order valence-electron chi connectivity index (χ1n) is 11.4. The van der Waals surface area contributed by atoms with Crippen LogP contribution in [0.25, 0.3) is 6.08 Å². The van der Waals surface area contributed by atoms with E-state index >= 15 is 0 Å². The van der Waals surface area contributed by atoms with Crippen LogP contribution >= 0.6 is 0 Å². The molecule has 0 aliphatic heterocycles. The topological polar surface area (TPSA) is 0 Å². The average Bonchev–Trinajstić information content (AvgIpc) is 2.71. The normalized spacial score (nSPS) is 25.9. The van der Waals surface area contributed by atoms with Gasteiger partial charge in [0, 0.05) is 5.56 Å². The van der Waals surface area contributed by atoms with Crippen LogP contribution in [0.3, 0.4) is 0 Å². The minimum Gasteiger partial charge on any atom is -0.203 e. The van der Waals surface area contributed by atoms with Crippen LogP contribution in [-0.2, 0) is 0 Å². The van der Waals surface area contributed by atoms with Crippen LogP contribution in [0.5, 0.6) is 0 Å². The molecule has 0 saturated heterocycles. The summed E-state index contributed by atoms with van der Waals surface area (Å²) in [5.74, 6) is 0.458. The lowest BCUT2D eigenvalue weighted by Gasteiger charge is -2.27. The molecule has 0 N–H and O–H groups in total. The van der Waals surface area contributed by atoms with Crippen LogP contribution in [0.2, 0.25) is 0 Å². The van der Waals surface area contributed by atoms with Gasteiger partial charge in [-0.05, 0) is 68.3 Å². The van der Waals surface area contributed by atoms with Crippen molar-refractivity contribution in [2.24, 2.45) is 11.8 Å². The molecule has 1 aromatic carbocycles. The van der Waals surface area contributed by atoms with Gasteiger partial charge in [-0.2, -0.15) is 0 Å². The van der Waals surface area contributed by atoms with Gasteiger partial charge in [-0.3, -0.25) is 0 Å². The van der Waals surface area contributed by atoms with Crippen molar-refractivity contribution in [2.75, 3.05) is 0 Å². The molecule has 0 nitrogen and oxygen atoms in total. The fourth-order valence-electron chi connectivity index (χ4n) is 4.91. The molecule has 154 valence electrons. The van der Waals surface area contributed by atoms with E-state index in [4.69, 9.17) is 0 Å². The molecule has 0 heterocycles. The molecule has 0 aromatic heterocycles. The van der Waals surface area contributed by atoms with E-state index in [0.29, 0.717) is 17.0 Å². The molecule has 2 aliphatic rings. The van der Waals surface area contributed by atoms with Gasteiger partial charge in [0.25, 0.3) is 0 Å². The van der Waals surface area contributed by atoms with Crippen LogP contribution in [0.1, 0.15) is 102 Å². The molecule has 0 amide bonds. The quantitative estimate of drug-likeness (QED) is 0.412. The average molecular weight is 387 g/mol. The lowest BCUT2D eigenvalue weighted by Crippen LogP contribution is -2.13. The van der Waals surface area contributed by atoms with Crippen molar-refractivity contribution in [3.05, 3.63) is 52.6 Å². The number of hydrogen-bond donors (Lipinski definition) is 0. The molecule has 28 heavy (non-hydrogen) atoms. The second-order valence-electron chi connectivity index (χ2n) is 9.06. The van der Waals surface area contributed by atoms with Gasteiger partial charge in [-0.1, -0.05) is 75.5 Å². The summed E-state index contributed by atoms with van der Waals surface area (Å²) in [7, 11) is 0. The minimum absolute atomic E-state index is 0.179. The molecule has 0 radical (unpaired) electrons. The molecule has 1 atom stereocenters. The Hall–Kier alpha value is -1.44. The third-order valence-electron chi connectivity index (χ3n) is 6.84. The Morgan fingerprint density at radius 2 is 1.82 bits per heavy atom. The maximum absolute atomic E-state index is 14.6. The highest BCUT2D eigenvalue weighted by molar-refractivity contribution is 5.51. The van der Waals surface area contributed by atoms with E-state index in [0.717, 1.165) is 44.4 Å². The molecule has 2 heteroatoms. The lowest BCUT2D eigenvalue weighted by atomic mass is 9.79. The third kappa shape index (κ3) is 5.55. The number of allylic oxidation sites excluding steroid dienone is 3. The van der Waals surface area contributed by atoms with E-state index in [1.807, 2.05) is 12.1 Å². The Labute approximate surface area is 170 Å². The maximum atomic E-state index is 14.6. The lowest BCUT2D eigenvalue weighted by molar-refractivity contribution is 0.339. The summed E-state index contributed by atoms with van der Waals surface area (Å²) < 4.78 is 29.2. The standard InChI is InChI=1S/C26H36F2/c1-3-6-20-11-13-21(14-12-20)7-4-5-8-23-17-18-24(26(28)25(23)27)22-15-9-19(2)10-16-22/h5,8,13,17-20,22H,3-4,6-7,9-12,14-16H2,1-2H3. The highest BCUT2D eigenvalue weighted by atomic mass is 19.2. The highest BCUT2D eigenvalue weighted by Crippen LogP contribution is 2.37. The summed E-state index contributed by atoms with van der Waals surface area (Å²) in [4.78, 5) is 0. The molecule has 1 fully saturated rings. The second kappa shape index (κ2) is 10.4. The van der Waals surface area contributed by atoms with Gasteiger partial charge in [-0.25, -0.2) is 8.78 Å². The minimum atomic E-state index is -0.674. The van der Waals surface area contributed by atoms with Crippen molar-refractivity contribution in [1.82, 2.24) is 0 Å². The molecule has 2 aliphatic carbocycles. The van der Waals surface area contributed by atoms with Crippen LogP contribution in [0.15, 0.2) is 29.9 Å². The fraction of sp³-hybridized carbons (Fsp3) is 0.615. The molecule has 1 unspecified atom stereocenters. The second-order valence-corrected chi connectivity index (χ2v) is 9.06. The predicted octanol–water partition coefficient (Wildman–Crippen LogP) is 8.58. The molecule has 1 aromatic rings. The van der Waals surface area contributed by atoms with Gasteiger partial charge in [0.15, 0.2) is 11.6 Å². The van der Waals surface area contributed by atoms with E-state index in [2.05, 4.69) is 19.9 Å². The molecular formula is C26H36F2. The summed E-state index contributed by atoms with van der Waals surface area (Å²) in [5, 5.41) is 0. The van der Waals surface area contributed by atoms with Crippen molar-refractivity contribution in [1.29, 1.82) is 0 Å². The van der Waals surface area contributed by atoms with Gasteiger partial charge >= 0.3 is 0 Å². The first-order valence-corrected chi connectivity index (χ1v) is 11.4. The molecular weight excluding hydrogens is 350 g/mol. The molecule has 3 rings (SSSR count). The summed E-state index contributed by atoms with van der Waals surface area (Å²) in [6.07, 6.45) is 18.6. The molecule has 0 spiro atoms. The zero-order chi connectivity index (χ0) is 19.9. The molecule has 1 saturated carbocycles. The van der Waals surface area contributed by atoms with Crippen molar-refractivity contribution in [3.8, 4) is 0 Å². The Morgan fingerprint density at radius 3 is 2.50 bits per heavy atom. The first kappa shape index (κ1) is 21.3. The summed E-state index contributed by atoms with van der Waals surface area (Å²) in [6.45, 7) is 4.50. The SMILES string of the molecule is CCCC1CC=C(CCC=Cc2ccc(C3CCC(C)CC3)c(F)c2F)CC1. The van der Waals surface area contributed by atoms with E-state index in [1.165, 1.54) is 37.7 Å². The van der Waals surface area contributed by atoms with Gasteiger partial charge in [0.1, 0.15) is 0 Å². The van der Waals surface area contributed by atoms with E-state index in [-0.39, 0.29) is 5.92 Å². The monoisotopic (exact) mass is 386 g/mol. The Kier molecular flexibility index (Phi) is 7.88. The first-order chi connectivity index (χ1) is 13.6. The van der Waals surface area contributed by atoms with Crippen LogP contribution in [0, 0.1) is 23.5 Å². The van der Waals surface area contributed by atoms with Gasteiger partial charge < -0.3 is 0 Å². The zero-order valence-corrected chi connectivity index (χ0v) is 17.7. The van der Waals surface area contributed by atoms with Gasteiger partial charge in [0.2, 0.25) is 0 Å². The fourth-order valence-corrected chi connectivity index (χ4v) is 4.91. The van der Waals surface area contributed by atoms with E-state index in [9.17, 15) is 8.78 Å². The largest absolute Gasteiger partial charge is 0.203 e. The predicted molar refractivity (Wildman–Crippen MR) is 115 cm³/mol. The van der Waals surface area contributed by atoms with Crippen LogP contribution in [0.4, 0.5) is 8.78 Å². The summed E-state index contributed by atoms with van der Waals surface area (Å²) in [6, 6.07) is 3.58. The molecule has 0 bridgehead atoms. The van der Waals surface area contributed by atoms with Crippen molar-refractivity contribution < 1.29 is 8.78 Å². The summed E-state index contributed by atoms with van der Waals surface area (Å²) in [5.41, 5.74) is 2.49. The summed E-state index contributed by atoms with van der Waals surface area (Å²) >= 11 is 0. The maximum Gasteiger partial charge on any atom is 0.166 e. The van der Waals surface area contributed by atoms with Crippen molar-refractivity contribution in [2.45, 2.75) is 90.4 Å². The number of halogens is 2. The number of hydrogen-bond acceptors (Lipinski definition) is 0. The smallest absolute Gasteiger partial charge is 0.166 e. The van der Waals surface area contributed by atoms with Crippen LogP contribution in [-0.4, -0.2) is 0 Å². The zero-order valence-electron chi connectivity index (χ0n) is 17.7. The highest BCUT2D eigenvalue weighted by Gasteiger charge is 2.24. The van der Waals surface area contributed by atoms with Gasteiger partial charge in [0.05, 0.1) is 0 Å². The van der Waals surface area contributed by atoms with E-state index < -0.39 is 11.6 Å². The third-order valence-corrected chi connectivity index (χ3v) is 6.84. The van der Waals surface area contributed by atoms with Gasteiger partial charge in [-0.15, -0.1) is 0 Å². The Morgan fingerprint density at radius 1 is 1.04 bits per heavy atom.